The molecule has 1 fully saturated rings. The Morgan fingerprint density at radius 1 is 1.23 bits per heavy atom. The number of aromatic amines is 1. The van der Waals surface area contributed by atoms with Gasteiger partial charge < -0.3 is 9.88 Å². The number of aromatic nitrogens is 3. The van der Waals surface area contributed by atoms with Gasteiger partial charge in [-0.05, 0) is 42.6 Å². The van der Waals surface area contributed by atoms with Gasteiger partial charge in [0.2, 0.25) is 11.8 Å². The van der Waals surface area contributed by atoms with E-state index in [1.54, 1.807) is 4.90 Å². The van der Waals surface area contributed by atoms with Crippen LogP contribution in [0.4, 0.5) is 5.82 Å². The minimum Gasteiger partial charge on any atom is -0.354 e. The van der Waals surface area contributed by atoms with Crippen LogP contribution in [0.5, 0.6) is 0 Å². The van der Waals surface area contributed by atoms with Crippen LogP contribution in [0, 0.1) is 12.8 Å². The van der Waals surface area contributed by atoms with Crippen molar-refractivity contribution in [1.82, 2.24) is 20.1 Å². The first-order valence-corrected chi connectivity index (χ1v) is 10.2. The summed E-state index contributed by atoms with van der Waals surface area (Å²) >= 11 is 0. The highest BCUT2D eigenvalue weighted by Gasteiger charge is 2.36. The molecule has 2 aromatic heterocycles. The van der Waals surface area contributed by atoms with Crippen molar-refractivity contribution in [3.05, 3.63) is 60.3 Å². The molecular formula is C23H23N5O2. The molecule has 2 N–H and O–H groups in total. The molecular weight excluding hydrogens is 378 g/mol. The van der Waals surface area contributed by atoms with Crippen molar-refractivity contribution in [3.63, 3.8) is 0 Å². The van der Waals surface area contributed by atoms with Crippen molar-refractivity contribution in [1.29, 1.82) is 0 Å². The quantitative estimate of drug-likeness (QED) is 0.539. The number of carbonyl (C=O) groups excluding carboxylic acids is 2. The third kappa shape index (κ3) is 3.22. The summed E-state index contributed by atoms with van der Waals surface area (Å²) < 4.78 is 2.14. The van der Waals surface area contributed by atoms with E-state index in [-0.39, 0.29) is 24.2 Å². The van der Waals surface area contributed by atoms with E-state index in [1.807, 2.05) is 30.5 Å². The molecule has 5 rings (SSSR count). The lowest BCUT2D eigenvalue weighted by molar-refractivity contribution is -0.126. The molecule has 0 bridgehead atoms. The molecule has 30 heavy (non-hydrogen) atoms. The Kier molecular flexibility index (Phi) is 4.50. The molecule has 7 heteroatoms. The second kappa shape index (κ2) is 7.33. The van der Waals surface area contributed by atoms with Gasteiger partial charge in [-0.2, -0.15) is 5.10 Å². The number of rotatable bonds is 5. The molecule has 1 aliphatic rings. The molecule has 0 spiro atoms. The van der Waals surface area contributed by atoms with E-state index in [9.17, 15) is 9.59 Å². The maximum absolute atomic E-state index is 12.7. The van der Waals surface area contributed by atoms with Crippen molar-refractivity contribution < 1.29 is 9.59 Å². The van der Waals surface area contributed by atoms with Gasteiger partial charge in [-0.3, -0.25) is 19.6 Å². The molecule has 1 aliphatic heterocycles. The highest BCUT2D eigenvalue weighted by molar-refractivity contribution is 6.05. The van der Waals surface area contributed by atoms with Crippen LogP contribution in [0.3, 0.4) is 0 Å². The zero-order valence-electron chi connectivity index (χ0n) is 16.8. The lowest BCUT2D eigenvalue weighted by Crippen LogP contribution is -2.34. The van der Waals surface area contributed by atoms with Crippen LogP contribution in [0.1, 0.15) is 12.0 Å². The molecule has 2 amide bonds. The number of nitrogens with zero attached hydrogens (tertiary/aromatic N) is 3. The Hall–Kier alpha value is -3.61. The van der Waals surface area contributed by atoms with Gasteiger partial charge in [-0.25, -0.2) is 0 Å². The van der Waals surface area contributed by atoms with Crippen LogP contribution in [0.2, 0.25) is 0 Å². The minimum absolute atomic E-state index is 0.0702. The molecule has 0 aliphatic carbocycles. The Morgan fingerprint density at radius 3 is 3.00 bits per heavy atom. The molecule has 0 radical (unpaired) electrons. The van der Waals surface area contributed by atoms with E-state index in [0.717, 1.165) is 16.4 Å². The SMILES string of the molecule is Cc1ccc2c(ccn2CCNC(=O)[C@H]2CC(=O)N(c3n[nH]c4ccccc34)C2)c1. The average Bonchev–Trinajstić information content (AvgIpc) is 3.44. The van der Waals surface area contributed by atoms with Gasteiger partial charge in [0.05, 0.1) is 11.4 Å². The number of fused-ring (bicyclic) bond motifs is 2. The molecule has 0 saturated carbocycles. The van der Waals surface area contributed by atoms with Gasteiger partial charge in [-0.15, -0.1) is 0 Å². The zero-order chi connectivity index (χ0) is 20.7. The fraction of sp³-hybridized carbons (Fsp3) is 0.261. The van der Waals surface area contributed by atoms with Crippen molar-refractivity contribution in [2.75, 3.05) is 18.0 Å². The lowest BCUT2D eigenvalue weighted by Gasteiger charge is -2.14. The standard InChI is InChI=1S/C23H23N5O2/c1-15-6-7-20-16(12-15)8-10-27(20)11-9-24-23(30)17-13-21(29)28(14-17)22-18-4-2-3-5-19(18)25-26-22/h2-8,10,12,17H,9,11,13-14H2,1H3,(H,24,30)(H,25,26)/t17-/m0/s1. The van der Waals surface area contributed by atoms with E-state index < -0.39 is 0 Å². The summed E-state index contributed by atoms with van der Waals surface area (Å²) in [7, 11) is 0. The molecule has 7 nitrogen and oxygen atoms in total. The summed E-state index contributed by atoms with van der Waals surface area (Å²) in [5, 5.41) is 12.3. The van der Waals surface area contributed by atoms with Crippen molar-refractivity contribution in [2.24, 2.45) is 5.92 Å². The van der Waals surface area contributed by atoms with Gasteiger partial charge in [0.15, 0.2) is 5.82 Å². The first-order chi connectivity index (χ1) is 14.6. The predicted octanol–water partition coefficient (Wildman–Crippen LogP) is 3.00. The Labute approximate surface area is 173 Å². The van der Waals surface area contributed by atoms with Gasteiger partial charge >= 0.3 is 0 Å². The van der Waals surface area contributed by atoms with Crippen LogP contribution >= 0.6 is 0 Å². The highest BCUT2D eigenvalue weighted by Crippen LogP contribution is 2.29. The third-order valence-electron chi connectivity index (χ3n) is 5.78. The number of nitrogens with one attached hydrogen (secondary N) is 2. The summed E-state index contributed by atoms with van der Waals surface area (Å²) in [5.41, 5.74) is 3.26. The number of para-hydroxylation sites is 1. The van der Waals surface area contributed by atoms with Crippen LogP contribution < -0.4 is 10.2 Å². The molecule has 3 heterocycles. The normalized spacial score (nSPS) is 16.6. The molecule has 1 atom stereocenters. The van der Waals surface area contributed by atoms with Gasteiger partial charge in [0.1, 0.15) is 0 Å². The maximum Gasteiger partial charge on any atom is 0.229 e. The minimum atomic E-state index is -0.364. The first kappa shape index (κ1) is 18.4. The van der Waals surface area contributed by atoms with Gasteiger partial charge in [-0.1, -0.05) is 23.8 Å². The van der Waals surface area contributed by atoms with E-state index in [2.05, 4.69) is 51.3 Å². The number of hydrogen-bond acceptors (Lipinski definition) is 3. The average molecular weight is 401 g/mol. The number of benzene rings is 2. The first-order valence-electron chi connectivity index (χ1n) is 10.2. The van der Waals surface area contributed by atoms with Crippen LogP contribution in [-0.2, 0) is 16.1 Å². The van der Waals surface area contributed by atoms with Crippen molar-refractivity contribution in [2.45, 2.75) is 19.9 Å². The van der Waals surface area contributed by atoms with E-state index in [0.29, 0.717) is 25.5 Å². The number of amides is 2. The van der Waals surface area contributed by atoms with Crippen LogP contribution in [0.25, 0.3) is 21.8 Å². The molecule has 4 aromatic rings. The number of H-pyrrole nitrogens is 1. The third-order valence-corrected chi connectivity index (χ3v) is 5.78. The molecule has 0 unspecified atom stereocenters. The van der Waals surface area contributed by atoms with E-state index in [1.165, 1.54) is 10.9 Å². The Bertz CT molecular complexity index is 1250. The number of hydrogen-bond donors (Lipinski definition) is 2. The predicted molar refractivity (Wildman–Crippen MR) is 116 cm³/mol. The number of anilines is 1. The van der Waals surface area contributed by atoms with Crippen LogP contribution in [-0.4, -0.2) is 39.7 Å². The van der Waals surface area contributed by atoms with E-state index >= 15 is 0 Å². The van der Waals surface area contributed by atoms with Gasteiger partial charge in [0, 0.05) is 43.2 Å². The van der Waals surface area contributed by atoms with Crippen molar-refractivity contribution in [3.8, 4) is 0 Å². The second-order valence-corrected chi connectivity index (χ2v) is 7.86. The van der Waals surface area contributed by atoms with E-state index in [4.69, 9.17) is 0 Å². The number of carbonyl (C=O) groups is 2. The molecule has 2 aromatic carbocycles. The second-order valence-electron chi connectivity index (χ2n) is 7.86. The fourth-order valence-corrected chi connectivity index (χ4v) is 4.20. The summed E-state index contributed by atoms with van der Waals surface area (Å²) in [6.45, 7) is 3.64. The molecule has 1 saturated heterocycles. The largest absolute Gasteiger partial charge is 0.354 e. The summed E-state index contributed by atoms with van der Waals surface area (Å²) in [4.78, 5) is 26.8. The van der Waals surface area contributed by atoms with Gasteiger partial charge in [0.25, 0.3) is 0 Å². The molecule has 152 valence electrons. The highest BCUT2D eigenvalue weighted by atomic mass is 16.2. The monoisotopic (exact) mass is 401 g/mol. The number of aryl methyl sites for hydroxylation is 1. The summed E-state index contributed by atoms with van der Waals surface area (Å²) in [5.74, 6) is 0.0780. The fourth-order valence-electron chi connectivity index (χ4n) is 4.20. The lowest BCUT2D eigenvalue weighted by atomic mass is 10.1. The summed E-state index contributed by atoms with van der Waals surface area (Å²) in [6, 6.07) is 16.1. The Morgan fingerprint density at radius 2 is 2.10 bits per heavy atom. The van der Waals surface area contributed by atoms with Crippen LogP contribution in [0.15, 0.2) is 54.7 Å². The van der Waals surface area contributed by atoms with Crippen molar-refractivity contribution >= 4 is 39.4 Å². The summed E-state index contributed by atoms with van der Waals surface area (Å²) in [6.07, 6.45) is 2.25. The maximum atomic E-state index is 12.7. The smallest absolute Gasteiger partial charge is 0.229 e. The Balaban J connectivity index is 1.22. The topological polar surface area (TPSA) is 83.0 Å². The zero-order valence-corrected chi connectivity index (χ0v) is 16.8.